The van der Waals surface area contributed by atoms with Gasteiger partial charge in [-0.15, -0.1) is 0 Å². The number of carbonyl (C=O) groups excluding carboxylic acids is 1. The Bertz CT molecular complexity index is 1180. The highest BCUT2D eigenvalue weighted by atomic mass is 35.5. The molecular weight excluding hydrogens is 350 g/mol. The average Bonchev–Trinajstić information content (AvgIpc) is 2.67. The largest absolute Gasteiger partial charge is 0.457 e. The van der Waals surface area contributed by atoms with Crippen LogP contribution in [0.15, 0.2) is 77.7 Å². The third kappa shape index (κ3) is 2.74. The van der Waals surface area contributed by atoms with Gasteiger partial charge in [-0.25, -0.2) is 4.79 Å². The second kappa shape index (κ2) is 6.65. The predicted molar refractivity (Wildman–Crippen MR) is 102 cm³/mol. The first kappa shape index (κ1) is 16.4. The van der Waals surface area contributed by atoms with Gasteiger partial charge < -0.3 is 9.14 Å². The fourth-order valence-corrected chi connectivity index (χ4v) is 3.29. The van der Waals surface area contributed by atoms with E-state index in [1.54, 1.807) is 40.9 Å². The van der Waals surface area contributed by atoms with Gasteiger partial charge in [-0.1, -0.05) is 54.1 Å². The molecule has 0 radical (unpaired) electrons. The van der Waals surface area contributed by atoms with Crippen LogP contribution in [0.5, 0.6) is 0 Å². The summed E-state index contributed by atoms with van der Waals surface area (Å²) in [6, 6.07) is 19.7. The van der Waals surface area contributed by atoms with Gasteiger partial charge in [0.2, 0.25) is 5.43 Å². The zero-order valence-electron chi connectivity index (χ0n) is 13.7. The van der Waals surface area contributed by atoms with E-state index in [1.807, 2.05) is 36.4 Å². The SMILES string of the molecule is O=C(OCc1ccccc1)c1c(=O)c2cccc(Cl)c2n2ccccc12. The quantitative estimate of drug-likeness (QED) is 0.399. The molecule has 4 nitrogen and oxygen atoms in total. The van der Waals surface area contributed by atoms with Crippen molar-refractivity contribution in [1.82, 2.24) is 4.40 Å². The first-order valence-corrected chi connectivity index (χ1v) is 8.47. The molecule has 2 aromatic carbocycles. The summed E-state index contributed by atoms with van der Waals surface area (Å²) in [5.74, 6) is -0.649. The van der Waals surface area contributed by atoms with Crippen molar-refractivity contribution >= 4 is 34.0 Å². The number of pyridine rings is 2. The molecule has 2 aromatic heterocycles. The van der Waals surface area contributed by atoms with Crippen molar-refractivity contribution in [2.24, 2.45) is 0 Å². The summed E-state index contributed by atoms with van der Waals surface area (Å²) in [5, 5.41) is 0.831. The van der Waals surface area contributed by atoms with E-state index >= 15 is 0 Å². The van der Waals surface area contributed by atoms with Gasteiger partial charge in [0.15, 0.2) is 0 Å². The van der Waals surface area contributed by atoms with E-state index in [0.717, 1.165) is 5.56 Å². The predicted octanol–water partition coefficient (Wildman–Crippen LogP) is 4.46. The molecule has 0 saturated heterocycles. The summed E-state index contributed by atoms with van der Waals surface area (Å²) in [5.41, 5.74) is 1.53. The number of ether oxygens (including phenoxy) is 1. The van der Waals surface area contributed by atoms with Crippen LogP contribution in [-0.4, -0.2) is 10.4 Å². The molecule has 0 N–H and O–H groups in total. The van der Waals surface area contributed by atoms with Gasteiger partial charge in [0.25, 0.3) is 0 Å². The molecule has 0 aliphatic heterocycles. The fourth-order valence-electron chi connectivity index (χ4n) is 3.03. The van der Waals surface area contributed by atoms with Crippen LogP contribution in [0.1, 0.15) is 15.9 Å². The minimum Gasteiger partial charge on any atom is -0.457 e. The number of rotatable bonds is 3. The van der Waals surface area contributed by atoms with Crippen LogP contribution in [0.2, 0.25) is 5.02 Å². The van der Waals surface area contributed by atoms with Crippen LogP contribution in [0.25, 0.3) is 16.4 Å². The van der Waals surface area contributed by atoms with Crippen LogP contribution >= 0.6 is 11.6 Å². The Morgan fingerprint density at radius 1 is 0.962 bits per heavy atom. The molecule has 0 amide bonds. The molecular formula is C21H14ClNO3. The molecule has 0 bridgehead atoms. The molecule has 4 rings (SSSR count). The summed E-state index contributed by atoms with van der Waals surface area (Å²) >= 11 is 6.31. The lowest BCUT2D eigenvalue weighted by Crippen LogP contribution is -2.20. The van der Waals surface area contributed by atoms with E-state index in [2.05, 4.69) is 0 Å². The number of aromatic nitrogens is 1. The number of benzene rings is 2. The molecule has 0 fully saturated rings. The van der Waals surface area contributed by atoms with Crippen molar-refractivity contribution < 1.29 is 9.53 Å². The van der Waals surface area contributed by atoms with Gasteiger partial charge in [-0.2, -0.15) is 0 Å². The highest BCUT2D eigenvalue weighted by Gasteiger charge is 2.20. The maximum atomic E-state index is 13.0. The number of nitrogens with zero attached hydrogens (tertiary/aromatic N) is 1. The zero-order valence-corrected chi connectivity index (χ0v) is 14.4. The number of halogens is 1. The first-order chi connectivity index (χ1) is 12.7. The van der Waals surface area contributed by atoms with E-state index in [4.69, 9.17) is 16.3 Å². The Labute approximate surface area is 154 Å². The van der Waals surface area contributed by atoms with Crippen molar-refractivity contribution in [2.75, 3.05) is 0 Å². The summed E-state index contributed by atoms with van der Waals surface area (Å²) in [6.07, 6.45) is 1.77. The molecule has 0 unspecified atom stereocenters. The molecule has 4 aromatic rings. The van der Waals surface area contributed by atoms with Gasteiger partial charge in [0, 0.05) is 11.6 Å². The Morgan fingerprint density at radius 2 is 1.73 bits per heavy atom. The van der Waals surface area contributed by atoms with Crippen LogP contribution < -0.4 is 5.43 Å². The molecule has 0 aliphatic rings. The lowest BCUT2D eigenvalue weighted by Gasteiger charge is -2.12. The monoisotopic (exact) mass is 363 g/mol. The van der Waals surface area contributed by atoms with Gasteiger partial charge in [-0.05, 0) is 29.8 Å². The van der Waals surface area contributed by atoms with Crippen molar-refractivity contribution in [3.63, 3.8) is 0 Å². The molecule has 0 aliphatic carbocycles. The third-order valence-electron chi connectivity index (χ3n) is 4.23. The second-order valence-electron chi connectivity index (χ2n) is 5.86. The Morgan fingerprint density at radius 3 is 2.54 bits per heavy atom. The highest BCUT2D eigenvalue weighted by Crippen LogP contribution is 2.24. The Kier molecular flexibility index (Phi) is 4.19. The van der Waals surface area contributed by atoms with Crippen LogP contribution in [0.3, 0.4) is 0 Å². The van der Waals surface area contributed by atoms with E-state index in [0.29, 0.717) is 21.4 Å². The number of carbonyl (C=O) groups is 1. The van der Waals surface area contributed by atoms with Crippen LogP contribution in [0, 0.1) is 0 Å². The number of hydrogen-bond acceptors (Lipinski definition) is 3. The Hall–Kier alpha value is -3.11. The molecule has 0 spiro atoms. The average molecular weight is 364 g/mol. The van der Waals surface area contributed by atoms with E-state index < -0.39 is 5.97 Å². The van der Waals surface area contributed by atoms with Crippen molar-refractivity contribution in [1.29, 1.82) is 0 Å². The van der Waals surface area contributed by atoms with E-state index in [-0.39, 0.29) is 17.6 Å². The smallest absolute Gasteiger partial charge is 0.344 e. The lowest BCUT2D eigenvalue weighted by molar-refractivity contribution is 0.0473. The lowest BCUT2D eigenvalue weighted by atomic mass is 10.1. The number of para-hydroxylation sites is 1. The normalized spacial score (nSPS) is 11.0. The molecule has 26 heavy (non-hydrogen) atoms. The highest BCUT2D eigenvalue weighted by molar-refractivity contribution is 6.35. The van der Waals surface area contributed by atoms with Gasteiger partial charge >= 0.3 is 5.97 Å². The van der Waals surface area contributed by atoms with Crippen LogP contribution in [0.4, 0.5) is 0 Å². The standard InChI is InChI=1S/C21H14ClNO3/c22-16-10-6-9-15-19(16)23-12-5-4-11-17(23)18(20(15)24)21(25)26-13-14-7-2-1-3-8-14/h1-12H,13H2. The molecule has 2 heterocycles. The number of hydrogen-bond donors (Lipinski definition) is 0. The number of fused-ring (bicyclic) bond motifs is 3. The minimum absolute atomic E-state index is 0.0105. The summed E-state index contributed by atoms with van der Waals surface area (Å²) in [4.78, 5) is 25.7. The van der Waals surface area contributed by atoms with E-state index in [9.17, 15) is 9.59 Å². The summed E-state index contributed by atoms with van der Waals surface area (Å²) in [6.45, 7) is 0.103. The first-order valence-electron chi connectivity index (χ1n) is 8.09. The maximum Gasteiger partial charge on any atom is 0.344 e. The third-order valence-corrected chi connectivity index (χ3v) is 4.54. The molecule has 0 atom stereocenters. The molecule has 5 heteroatoms. The zero-order chi connectivity index (χ0) is 18.1. The van der Waals surface area contributed by atoms with Crippen molar-refractivity contribution in [3.8, 4) is 0 Å². The Balaban J connectivity index is 1.87. The molecule has 128 valence electrons. The van der Waals surface area contributed by atoms with Gasteiger partial charge in [-0.3, -0.25) is 4.79 Å². The fraction of sp³-hybridized carbons (Fsp3) is 0.0476. The molecule has 0 saturated carbocycles. The van der Waals surface area contributed by atoms with E-state index in [1.165, 1.54) is 0 Å². The second-order valence-corrected chi connectivity index (χ2v) is 6.26. The van der Waals surface area contributed by atoms with Gasteiger partial charge in [0.1, 0.15) is 12.2 Å². The number of esters is 1. The van der Waals surface area contributed by atoms with Crippen LogP contribution in [-0.2, 0) is 11.3 Å². The summed E-state index contributed by atoms with van der Waals surface area (Å²) in [7, 11) is 0. The summed E-state index contributed by atoms with van der Waals surface area (Å²) < 4.78 is 7.15. The topological polar surface area (TPSA) is 47.8 Å². The minimum atomic E-state index is -0.649. The van der Waals surface area contributed by atoms with Crippen molar-refractivity contribution in [3.05, 3.63) is 99.3 Å². The van der Waals surface area contributed by atoms with Crippen molar-refractivity contribution in [2.45, 2.75) is 6.61 Å². The van der Waals surface area contributed by atoms with Gasteiger partial charge in [0.05, 0.1) is 16.1 Å². The maximum absolute atomic E-state index is 13.0.